The van der Waals surface area contributed by atoms with Gasteiger partial charge in [-0.3, -0.25) is 0 Å². The van der Waals surface area contributed by atoms with Gasteiger partial charge in [-0.05, 0) is 17.7 Å². The Hall–Kier alpha value is -1.81. The molecule has 0 spiro atoms. The monoisotopic (exact) mass is 207 g/mol. The van der Waals surface area contributed by atoms with Crippen molar-refractivity contribution in [1.82, 2.24) is 0 Å². The zero-order chi connectivity index (χ0) is 11.1. The molecular weight excluding hydrogens is 194 g/mol. The molecule has 0 fully saturated rings. The first-order valence-electron chi connectivity index (χ1n) is 4.53. The first-order chi connectivity index (χ1) is 7.22. The lowest BCUT2D eigenvalue weighted by molar-refractivity contribution is -0.139. The summed E-state index contributed by atoms with van der Waals surface area (Å²) in [5.41, 5.74) is 6.31. The van der Waals surface area contributed by atoms with Crippen molar-refractivity contribution < 1.29 is 14.6 Å². The second kappa shape index (κ2) is 5.82. The molecule has 1 aromatic rings. The van der Waals surface area contributed by atoms with E-state index in [1.165, 1.54) is 0 Å². The second-order valence-electron chi connectivity index (χ2n) is 2.89. The summed E-state index contributed by atoms with van der Waals surface area (Å²) in [7, 11) is 0. The van der Waals surface area contributed by atoms with Gasteiger partial charge < -0.3 is 15.6 Å². The van der Waals surface area contributed by atoms with Crippen molar-refractivity contribution >= 4 is 12.0 Å². The highest BCUT2D eigenvalue weighted by molar-refractivity contribution is 5.68. The van der Waals surface area contributed by atoms with Crippen molar-refractivity contribution in [2.75, 3.05) is 13.2 Å². The van der Waals surface area contributed by atoms with Gasteiger partial charge in [0.15, 0.2) is 6.61 Å². The molecule has 0 bridgehead atoms. The normalized spacial score (nSPS) is 10.5. The predicted molar refractivity (Wildman–Crippen MR) is 57.7 cm³/mol. The third-order valence-corrected chi connectivity index (χ3v) is 1.69. The molecule has 15 heavy (non-hydrogen) atoms. The van der Waals surface area contributed by atoms with Crippen LogP contribution in [0.25, 0.3) is 6.08 Å². The van der Waals surface area contributed by atoms with E-state index in [1.54, 1.807) is 12.1 Å². The minimum atomic E-state index is -0.984. The number of benzene rings is 1. The van der Waals surface area contributed by atoms with Gasteiger partial charge in [0.05, 0.1) is 0 Å². The van der Waals surface area contributed by atoms with Crippen LogP contribution < -0.4 is 10.5 Å². The van der Waals surface area contributed by atoms with Crippen LogP contribution in [0.5, 0.6) is 5.75 Å². The van der Waals surface area contributed by atoms with Crippen LogP contribution in [0.2, 0.25) is 0 Å². The second-order valence-corrected chi connectivity index (χ2v) is 2.89. The van der Waals surface area contributed by atoms with Crippen molar-refractivity contribution in [1.29, 1.82) is 0 Å². The van der Waals surface area contributed by atoms with Crippen LogP contribution in [-0.2, 0) is 4.79 Å². The Labute approximate surface area is 88.0 Å². The topological polar surface area (TPSA) is 72.5 Å². The smallest absolute Gasteiger partial charge is 0.341 e. The maximum atomic E-state index is 10.2. The average Bonchev–Trinajstić information content (AvgIpc) is 2.25. The zero-order valence-electron chi connectivity index (χ0n) is 8.22. The molecule has 0 aliphatic carbocycles. The van der Waals surface area contributed by atoms with E-state index in [0.717, 1.165) is 5.56 Å². The molecule has 1 rings (SSSR count). The molecule has 0 aliphatic heterocycles. The zero-order valence-corrected chi connectivity index (χ0v) is 8.22. The molecule has 0 atom stereocenters. The number of hydrogen-bond acceptors (Lipinski definition) is 3. The minimum absolute atomic E-state index is 0.321. The van der Waals surface area contributed by atoms with Crippen LogP contribution in [0, 0.1) is 0 Å². The van der Waals surface area contributed by atoms with Gasteiger partial charge in [0.1, 0.15) is 5.75 Å². The fraction of sp³-hybridized carbons (Fsp3) is 0.182. The fourth-order valence-electron chi connectivity index (χ4n) is 1.02. The molecule has 0 amide bonds. The molecule has 80 valence electrons. The van der Waals surface area contributed by atoms with Gasteiger partial charge in [0.2, 0.25) is 0 Å². The van der Waals surface area contributed by atoms with Gasteiger partial charge in [0.25, 0.3) is 0 Å². The fourth-order valence-corrected chi connectivity index (χ4v) is 1.02. The summed E-state index contributed by atoms with van der Waals surface area (Å²) in [5, 5.41) is 8.40. The van der Waals surface area contributed by atoms with Crippen LogP contribution in [0.1, 0.15) is 5.56 Å². The summed E-state index contributed by atoms with van der Waals surface area (Å²) in [6, 6.07) is 7.12. The summed E-state index contributed by atoms with van der Waals surface area (Å²) < 4.78 is 4.98. The molecule has 1 aromatic carbocycles. The molecule has 4 heteroatoms. The number of carboxylic acids is 1. The van der Waals surface area contributed by atoms with Gasteiger partial charge in [-0.25, -0.2) is 4.79 Å². The lowest BCUT2D eigenvalue weighted by Gasteiger charge is -2.02. The third-order valence-electron chi connectivity index (χ3n) is 1.69. The SMILES string of the molecule is NCC=Cc1ccc(OCC(=O)O)cc1. The van der Waals surface area contributed by atoms with Gasteiger partial charge >= 0.3 is 5.97 Å². The number of nitrogens with two attached hydrogens (primary N) is 1. The van der Waals surface area contributed by atoms with Crippen LogP contribution >= 0.6 is 0 Å². The number of hydrogen-bond donors (Lipinski definition) is 2. The van der Waals surface area contributed by atoms with E-state index in [-0.39, 0.29) is 6.61 Å². The van der Waals surface area contributed by atoms with Crippen LogP contribution in [0.4, 0.5) is 0 Å². The van der Waals surface area contributed by atoms with E-state index in [1.807, 2.05) is 24.3 Å². The Balaban J connectivity index is 2.56. The summed E-state index contributed by atoms with van der Waals surface area (Å²) in [4.78, 5) is 10.2. The molecule has 0 aromatic heterocycles. The third kappa shape index (κ3) is 4.28. The molecular formula is C11H13NO3. The standard InChI is InChI=1S/C11H13NO3/c12-7-1-2-9-3-5-10(6-4-9)15-8-11(13)14/h1-6H,7-8,12H2,(H,13,14). The van der Waals surface area contributed by atoms with E-state index in [9.17, 15) is 4.79 Å². The first-order valence-corrected chi connectivity index (χ1v) is 4.53. The summed E-state index contributed by atoms with van der Waals surface area (Å²) in [5.74, 6) is -0.440. The van der Waals surface area contributed by atoms with E-state index < -0.39 is 5.97 Å². The lowest BCUT2D eigenvalue weighted by atomic mass is 10.2. The highest BCUT2D eigenvalue weighted by Crippen LogP contribution is 2.12. The van der Waals surface area contributed by atoms with Crippen molar-refractivity contribution in [2.45, 2.75) is 0 Å². The first kappa shape index (κ1) is 11.3. The Morgan fingerprint density at radius 3 is 2.60 bits per heavy atom. The Kier molecular flexibility index (Phi) is 4.37. The number of rotatable bonds is 5. The van der Waals surface area contributed by atoms with Gasteiger partial charge in [-0.2, -0.15) is 0 Å². The maximum Gasteiger partial charge on any atom is 0.341 e. The van der Waals surface area contributed by atoms with E-state index in [2.05, 4.69) is 0 Å². The number of aliphatic carboxylic acids is 1. The quantitative estimate of drug-likeness (QED) is 0.759. The number of carboxylic acid groups (broad SMARTS) is 1. The summed E-state index contributed by atoms with van der Waals surface area (Å²) >= 11 is 0. The number of ether oxygens (including phenoxy) is 1. The van der Waals surface area contributed by atoms with E-state index in [4.69, 9.17) is 15.6 Å². The highest BCUT2D eigenvalue weighted by atomic mass is 16.5. The molecule has 0 saturated heterocycles. The summed E-state index contributed by atoms with van der Waals surface area (Å²) in [6.07, 6.45) is 3.73. The molecule has 0 heterocycles. The Morgan fingerprint density at radius 2 is 2.07 bits per heavy atom. The van der Waals surface area contributed by atoms with Gasteiger partial charge in [-0.15, -0.1) is 0 Å². The van der Waals surface area contributed by atoms with Crippen molar-refractivity contribution in [3.8, 4) is 5.75 Å². The molecule has 4 nitrogen and oxygen atoms in total. The molecule has 0 radical (unpaired) electrons. The van der Waals surface area contributed by atoms with Crippen LogP contribution in [-0.4, -0.2) is 24.2 Å². The predicted octanol–water partition coefficient (Wildman–Crippen LogP) is 1.12. The largest absolute Gasteiger partial charge is 0.482 e. The molecule has 0 saturated carbocycles. The maximum absolute atomic E-state index is 10.2. The Morgan fingerprint density at radius 1 is 1.40 bits per heavy atom. The average molecular weight is 207 g/mol. The molecule has 0 unspecified atom stereocenters. The lowest BCUT2D eigenvalue weighted by Crippen LogP contribution is -2.09. The summed E-state index contributed by atoms with van der Waals surface area (Å²) in [6.45, 7) is 0.176. The van der Waals surface area contributed by atoms with Crippen LogP contribution in [0.15, 0.2) is 30.3 Å². The van der Waals surface area contributed by atoms with E-state index in [0.29, 0.717) is 12.3 Å². The van der Waals surface area contributed by atoms with Crippen LogP contribution in [0.3, 0.4) is 0 Å². The number of carbonyl (C=O) groups is 1. The molecule has 3 N–H and O–H groups in total. The van der Waals surface area contributed by atoms with Gasteiger partial charge in [-0.1, -0.05) is 24.3 Å². The van der Waals surface area contributed by atoms with Gasteiger partial charge in [0, 0.05) is 6.54 Å². The van der Waals surface area contributed by atoms with Crippen molar-refractivity contribution in [3.63, 3.8) is 0 Å². The van der Waals surface area contributed by atoms with E-state index >= 15 is 0 Å². The molecule has 0 aliphatic rings. The highest BCUT2D eigenvalue weighted by Gasteiger charge is 1.98. The minimum Gasteiger partial charge on any atom is -0.482 e. The van der Waals surface area contributed by atoms with Crippen molar-refractivity contribution in [3.05, 3.63) is 35.9 Å². The van der Waals surface area contributed by atoms with Crippen molar-refractivity contribution in [2.24, 2.45) is 5.73 Å². The Bertz CT molecular complexity index is 343.